The molecule has 0 aliphatic carbocycles. The average molecular weight is 339 g/mol. The fraction of sp³-hybridized carbons (Fsp3) is 0.211. The molecule has 0 spiro atoms. The second kappa shape index (κ2) is 5.83. The van der Waals surface area contributed by atoms with Gasteiger partial charge in [-0.25, -0.2) is 0 Å². The summed E-state index contributed by atoms with van der Waals surface area (Å²) < 4.78 is 11.2. The first-order valence-corrected chi connectivity index (χ1v) is 8.58. The molecule has 3 heterocycles. The molecule has 1 aliphatic rings. The molecule has 0 bridgehead atoms. The van der Waals surface area contributed by atoms with E-state index >= 15 is 0 Å². The molecule has 4 rings (SSSR count). The number of ether oxygens (including phenoxy) is 1. The largest absolute Gasteiger partial charge is 0.488 e. The molecular formula is C19H17NO3S. The number of hydrogen-bond acceptors (Lipinski definition) is 4. The highest BCUT2D eigenvalue weighted by atomic mass is 32.1. The van der Waals surface area contributed by atoms with Crippen LogP contribution in [0.15, 0.2) is 47.1 Å². The van der Waals surface area contributed by atoms with Crippen molar-refractivity contribution in [3.05, 3.63) is 64.4 Å². The number of thiophene rings is 1. The van der Waals surface area contributed by atoms with Crippen LogP contribution in [0.3, 0.4) is 0 Å². The lowest BCUT2D eigenvalue weighted by atomic mass is 10.0. The van der Waals surface area contributed by atoms with E-state index in [1.54, 1.807) is 18.2 Å². The Morgan fingerprint density at radius 3 is 2.96 bits per heavy atom. The van der Waals surface area contributed by atoms with E-state index in [0.29, 0.717) is 13.2 Å². The lowest BCUT2D eigenvalue weighted by molar-refractivity contribution is 0.0780. The Labute approximate surface area is 144 Å². The van der Waals surface area contributed by atoms with Crippen LogP contribution >= 0.6 is 11.3 Å². The molecule has 0 N–H and O–H groups in total. The smallest absolute Gasteiger partial charge is 0.264 e. The number of furan rings is 1. The Hall–Kier alpha value is -2.53. The van der Waals surface area contributed by atoms with E-state index in [1.165, 1.54) is 16.9 Å². The molecule has 0 radical (unpaired) electrons. The predicted octanol–water partition coefficient (Wildman–Crippen LogP) is 4.48. The molecule has 122 valence electrons. The predicted molar refractivity (Wildman–Crippen MR) is 93.3 cm³/mol. The zero-order valence-corrected chi connectivity index (χ0v) is 14.4. The molecule has 0 saturated heterocycles. The summed E-state index contributed by atoms with van der Waals surface area (Å²) in [7, 11) is 1.79. The van der Waals surface area contributed by atoms with Gasteiger partial charge in [0.05, 0.1) is 17.7 Å². The Kier molecular flexibility index (Phi) is 3.65. The van der Waals surface area contributed by atoms with Gasteiger partial charge in [0, 0.05) is 23.1 Å². The van der Waals surface area contributed by atoms with Crippen LogP contribution in [0, 0.1) is 6.92 Å². The van der Waals surface area contributed by atoms with Crippen LogP contribution in [0.1, 0.15) is 26.6 Å². The molecule has 1 amide bonds. The number of aryl methyl sites for hydroxylation is 1. The number of fused-ring (bicyclic) bond motifs is 3. The van der Waals surface area contributed by atoms with Gasteiger partial charge in [-0.05, 0) is 36.8 Å². The van der Waals surface area contributed by atoms with Gasteiger partial charge < -0.3 is 14.1 Å². The molecule has 3 aromatic rings. The first-order chi connectivity index (χ1) is 11.6. The van der Waals surface area contributed by atoms with Gasteiger partial charge in [0.1, 0.15) is 18.1 Å². The molecule has 24 heavy (non-hydrogen) atoms. The topological polar surface area (TPSA) is 42.7 Å². The Bertz CT molecular complexity index is 895. The summed E-state index contributed by atoms with van der Waals surface area (Å²) in [5.74, 6) is 1.67. The third-order valence-electron chi connectivity index (χ3n) is 4.18. The second-order valence-electron chi connectivity index (χ2n) is 5.94. The fourth-order valence-corrected chi connectivity index (χ4v) is 4.23. The van der Waals surface area contributed by atoms with Crippen molar-refractivity contribution in [3.8, 4) is 16.2 Å². The van der Waals surface area contributed by atoms with E-state index in [1.807, 2.05) is 30.3 Å². The minimum atomic E-state index is 0.000865. The van der Waals surface area contributed by atoms with Crippen LogP contribution in [-0.2, 0) is 13.2 Å². The van der Waals surface area contributed by atoms with Gasteiger partial charge in [0.25, 0.3) is 5.91 Å². The normalized spacial score (nSPS) is 12.2. The summed E-state index contributed by atoms with van der Waals surface area (Å²) in [6, 6.07) is 11.7. The molecular weight excluding hydrogens is 322 g/mol. The van der Waals surface area contributed by atoms with Crippen molar-refractivity contribution < 1.29 is 13.9 Å². The van der Waals surface area contributed by atoms with Crippen molar-refractivity contribution in [2.75, 3.05) is 7.05 Å². The summed E-state index contributed by atoms with van der Waals surface area (Å²) in [5, 5.41) is 0. The number of rotatable bonds is 3. The van der Waals surface area contributed by atoms with Gasteiger partial charge in [-0.15, -0.1) is 11.3 Å². The Balaban J connectivity index is 1.65. The van der Waals surface area contributed by atoms with Gasteiger partial charge in [0.15, 0.2) is 0 Å². The molecule has 1 aromatic carbocycles. The molecule has 0 atom stereocenters. The molecule has 4 nitrogen and oxygen atoms in total. The molecule has 0 fully saturated rings. The van der Waals surface area contributed by atoms with E-state index < -0.39 is 0 Å². The van der Waals surface area contributed by atoms with Gasteiger partial charge in [-0.1, -0.05) is 12.1 Å². The molecule has 1 aliphatic heterocycles. The highest BCUT2D eigenvalue weighted by Crippen LogP contribution is 2.44. The van der Waals surface area contributed by atoms with Gasteiger partial charge in [0.2, 0.25) is 0 Å². The summed E-state index contributed by atoms with van der Waals surface area (Å²) in [6.45, 7) is 3.04. The van der Waals surface area contributed by atoms with Crippen molar-refractivity contribution in [1.82, 2.24) is 4.90 Å². The van der Waals surface area contributed by atoms with Crippen molar-refractivity contribution in [2.24, 2.45) is 0 Å². The van der Waals surface area contributed by atoms with Crippen molar-refractivity contribution in [3.63, 3.8) is 0 Å². The van der Waals surface area contributed by atoms with E-state index in [4.69, 9.17) is 9.15 Å². The van der Waals surface area contributed by atoms with Crippen LogP contribution in [0.4, 0.5) is 0 Å². The maximum Gasteiger partial charge on any atom is 0.264 e. The van der Waals surface area contributed by atoms with Crippen molar-refractivity contribution in [2.45, 2.75) is 20.1 Å². The number of nitrogens with zero attached hydrogens (tertiary/aromatic N) is 1. The third-order valence-corrected chi connectivity index (χ3v) is 5.37. The van der Waals surface area contributed by atoms with Gasteiger partial charge in [-0.2, -0.15) is 0 Å². The maximum absolute atomic E-state index is 12.7. The van der Waals surface area contributed by atoms with E-state index in [2.05, 4.69) is 13.0 Å². The average Bonchev–Trinajstić information content (AvgIpc) is 3.23. The standard InChI is InChI=1S/C19H17NO3S/c1-12-5-3-7-15-17(12)18-13(11-23-15)9-16(24-18)19(21)20(2)10-14-6-4-8-22-14/h3-9H,10-11H2,1-2H3. The number of carbonyl (C=O) groups excluding carboxylic acids is 1. The number of amides is 1. The van der Waals surface area contributed by atoms with E-state index in [-0.39, 0.29) is 5.91 Å². The van der Waals surface area contributed by atoms with Crippen LogP contribution in [0.5, 0.6) is 5.75 Å². The number of benzene rings is 1. The van der Waals surface area contributed by atoms with Crippen LogP contribution in [0.25, 0.3) is 10.4 Å². The van der Waals surface area contributed by atoms with Crippen molar-refractivity contribution >= 4 is 17.2 Å². The lowest BCUT2D eigenvalue weighted by Gasteiger charge is -2.19. The zero-order valence-electron chi connectivity index (χ0n) is 13.5. The second-order valence-corrected chi connectivity index (χ2v) is 6.99. The molecule has 0 unspecified atom stereocenters. The van der Waals surface area contributed by atoms with E-state index in [0.717, 1.165) is 32.4 Å². The highest BCUT2D eigenvalue weighted by molar-refractivity contribution is 7.17. The zero-order chi connectivity index (χ0) is 16.7. The first kappa shape index (κ1) is 15.0. The summed E-state index contributed by atoms with van der Waals surface area (Å²) in [4.78, 5) is 16.3. The SMILES string of the molecule is Cc1cccc2c1-c1sc(C(=O)N(C)Cc3ccco3)cc1CO2. The summed E-state index contributed by atoms with van der Waals surface area (Å²) >= 11 is 1.54. The number of carbonyl (C=O) groups is 1. The molecule has 0 saturated carbocycles. The van der Waals surface area contributed by atoms with Crippen LogP contribution in [-0.4, -0.2) is 17.9 Å². The van der Waals surface area contributed by atoms with Crippen LogP contribution < -0.4 is 4.74 Å². The first-order valence-electron chi connectivity index (χ1n) is 7.77. The fourth-order valence-electron chi connectivity index (χ4n) is 2.96. The van der Waals surface area contributed by atoms with Crippen LogP contribution in [0.2, 0.25) is 0 Å². The summed E-state index contributed by atoms with van der Waals surface area (Å²) in [6.07, 6.45) is 1.62. The Morgan fingerprint density at radius 2 is 2.17 bits per heavy atom. The van der Waals surface area contributed by atoms with Gasteiger partial charge in [-0.3, -0.25) is 4.79 Å². The van der Waals surface area contributed by atoms with E-state index in [9.17, 15) is 4.79 Å². The minimum absolute atomic E-state index is 0.000865. The Morgan fingerprint density at radius 1 is 1.29 bits per heavy atom. The number of hydrogen-bond donors (Lipinski definition) is 0. The van der Waals surface area contributed by atoms with Crippen molar-refractivity contribution in [1.29, 1.82) is 0 Å². The lowest BCUT2D eigenvalue weighted by Crippen LogP contribution is -2.25. The minimum Gasteiger partial charge on any atom is -0.488 e. The monoisotopic (exact) mass is 339 g/mol. The maximum atomic E-state index is 12.7. The highest BCUT2D eigenvalue weighted by Gasteiger charge is 2.25. The molecule has 5 heteroatoms. The quantitative estimate of drug-likeness (QED) is 0.706. The summed E-state index contributed by atoms with van der Waals surface area (Å²) in [5.41, 5.74) is 3.35. The third kappa shape index (κ3) is 2.51. The van der Waals surface area contributed by atoms with Gasteiger partial charge >= 0.3 is 0 Å². The molecule has 2 aromatic heterocycles.